The van der Waals surface area contributed by atoms with Crippen molar-refractivity contribution in [2.45, 2.75) is 13.8 Å². The number of anilines is 2. The Hall–Kier alpha value is -0.960. The van der Waals surface area contributed by atoms with Gasteiger partial charge in [0.25, 0.3) is 0 Å². The van der Waals surface area contributed by atoms with Crippen molar-refractivity contribution in [3.05, 3.63) is 23.2 Å². The van der Waals surface area contributed by atoms with E-state index in [1.54, 1.807) is 17.7 Å². The summed E-state index contributed by atoms with van der Waals surface area (Å²) in [6.07, 6.45) is 0. The first-order chi connectivity index (χ1) is 6.72. The Morgan fingerprint density at radius 3 is 2.50 bits per heavy atom. The van der Waals surface area contributed by atoms with Crippen LogP contribution in [-0.2, 0) is 0 Å². The molecule has 0 aromatic heterocycles. The lowest BCUT2D eigenvalue weighted by Crippen LogP contribution is -2.21. The number of hydrogen-bond acceptors (Lipinski definition) is 2. The summed E-state index contributed by atoms with van der Waals surface area (Å²) in [5.74, 6) is 0. The molecule has 1 rings (SSSR count). The van der Waals surface area contributed by atoms with Gasteiger partial charge in [0.2, 0.25) is 0 Å². The maximum absolute atomic E-state index is 12.3. The van der Waals surface area contributed by atoms with Crippen LogP contribution in [0.15, 0.2) is 18.2 Å². The molecular formula is C10H14ClFN2. The fraction of sp³-hybridized carbons (Fsp3) is 0.400. The van der Waals surface area contributed by atoms with E-state index in [0.717, 1.165) is 18.8 Å². The van der Waals surface area contributed by atoms with Gasteiger partial charge in [-0.1, -0.05) is 11.6 Å². The van der Waals surface area contributed by atoms with Crippen molar-refractivity contribution in [3.63, 3.8) is 0 Å². The first-order valence-electron chi connectivity index (χ1n) is 4.64. The molecular weight excluding hydrogens is 203 g/mol. The predicted octanol–water partition coefficient (Wildman–Crippen LogP) is 3.48. The zero-order valence-corrected chi connectivity index (χ0v) is 9.11. The van der Waals surface area contributed by atoms with Crippen molar-refractivity contribution in [1.82, 2.24) is 0 Å². The Morgan fingerprint density at radius 2 is 2.00 bits per heavy atom. The molecule has 0 atom stereocenters. The Bertz CT molecular complexity index is 300. The summed E-state index contributed by atoms with van der Waals surface area (Å²) in [5.41, 5.74) is 2.87. The Kier molecular flexibility index (Phi) is 4.01. The third-order valence-electron chi connectivity index (χ3n) is 2.18. The highest BCUT2D eigenvalue weighted by molar-refractivity contribution is 6.33. The quantitative estimate of drug-likeness (QED) is 0.776. The molecule has 4 heteroatoms. The van der Waals surface area contributed by atoms with Crippen LogP contribution in [0.4, 0.5) is 15.9 Å². The number of nitrogens with zero attached hydrogens (tertiary/aromatic N) is 1. The van der Waals surface area contributed by atoms with E-state index in [1.807, 2.05) is 6.07 Å². The predicted molar refractivity (Wildman–Crippen MR) is 59.7 cm³/mol. The molecule has 0 saturated carbocycles. The van der Waals surface area contributed by atoms with E-state index in [2.05, 4.69) is 18.7 Å². The normalized spacial score (nSPS) is 10.0. The van der Waals surface area contributed by atoms with E-state index >= 15 is 0 Å². The molecule has 0 aliphatic heterocycles. The highest BCUT2D eigenvalue weighted by Gasteiger charge is 2.05. The smallest absolute Gasteiger partial charge is 0.0862 e. The fourth-order valence-corrected chi connectivity index (χ4v) is 1.52. The van der Waals surface area contributed by atoms with Crippen LogP contribution in [0.5, 0.6) is 0 Å². The molecule has 0 radical (unpaired) electrons. The van der Waals surface area contributed by atoms with Crippen molar-refractivity contribution < 1.29 is 4.48 Å². The minimum atomic E-state index is 0.316. The van der Waals surface area contributed by atoms with Crippen molar-refractivity contribution in [2.75, 3.05) is 23.5 Å². The van der Waals surface area contributed by atoms with Crippen LogP contribution in [-0.4, -0.2) is 13.1 Å². The highest BCUT2D eigenvalue weighted by Crippen LogP contribution is 2.27. The molecule has 0 aliphatic rings. The van der Waals surface area contributed by atoms with Gasteiger partial charge >= 0.3 is 0 Å². The van der Waals surface area contributed by atoms with Crippen LogP contribution in [0.3, 0.4) is 0 Å². The van der Waals surface area contributed by atoms with Crippen LogP contribution in [0, 0.1) is 0 Å². The molecule has 0 unspecified atom stereocenters. The van der Waals surface area contributed by atoms with Crippen LogP contribution in [0.25, 0.3) is 0 Å². The Labute approximate surface area is 88.6 Å². The molecule has 0 fully saturated rings. The van der Waals surface area contributed by atoms with Gasteiger partial charge in [-0.25, -0.2) is 5.54 Å². The standard InChI is InChI=1S/C10H14ClFN2/c1-3-14(4-2)8-5-6-9(11)10(7-8)13-12/h5-7,13H,3-4H2,1-2H3. The zero-order valence-electron chi connectivity index (χ0n) is 8.35. The molecule has 1 aromatic carbocycles. The van der Waals surface area contributed by atoms with E-state index < -0.39 is 0 Å². The van der Waals surface area contributed by atoms with E-state index in [0.29, 0.717) is 10.7 Å². The zero-order chi connectivity index (χ0) is 10.6. The summed E-state index contributed by atoms with van der Waals surface area (Å²) < 4.78 is 12.3. The Balaban J connectivity index is 2.98. The second kappa shape index (κ2) is 5.05. The molecule has 2 nitrogen and oxygen atoms in total. The maximum atomic E-state index is 12.3. The maximum Gasteiger partial charge on any atom is 0.0862 e. The first-order valence-corrected chi connectivity index (χ1v) is 5.01. The third kappa shape index (κ3) is 2.29. The monoisotopic (exact) mass is 216 g/mol. The van der Waals surface area contributed by atoms with Gasteiger partial charge in [0.1, 0.15) is 0 Å². The van der Waals surface area contributed by atoms with Gasteiger partial charge in [-0.15, -0.1) is 4.48 Å². The number of rotatable bonds is 4. The van der Waals surface area contributed by atoms with Gasteiger partial charge in [-0.2, -0.15) is 0 Å². The van der Waals surface area contributed by atoms with E-state index in [4.69, 9.17) is 11.6 Å². The molecule has 0 spiro atoms. The second-order valence-electron chi connectivity index (χ2n) is 2.93. The average molecular weight is 217 g/mol. The van der Waals surface area contributed by atoms with Crippen LogP contribution in [0.1, 0.15) is 13.8 Å². The highest BCUT2D eigenvalue weighted by atomic mass is 35.5. The fourth-order valence-electron chi connectivity index (χ4n) is 1.37. The molecule has 14 heavy (non-hydrogen) atoms. The largest absolute Gasteiger partial charge is 0.372 e. The second-order valence-corrected chi connectivity index (χ2v) is 3.34. The number of halogens is 2. The topological polar surface area (TPSA) is 15.3 Å². The molecule has 0 heterocycles. The lowest BCUT2D eigenvalue weighted by molar-refractivity contribution is 0.617. The van der Waals surface area contributed by atoms with Crippen molar-refractivity contribution >= 4 is 23.0 Å². The van der Waals surface area contributed by atoms with Gasteiger partial charge in [0.15, 0.2) is 0 Å². The lowest BCUT2D eigenvalue weighted by atomic mass is 10.2. The van der Waals surface area contributed by atoms with E-state index in [-0.39, 0.29) is 0 Å². The molecule has 78 valence electrons. The molecule has 0 saturated heterocycles. The van der Waals surface area contributed by atoms with Crippen molar-refractivity contribution in [2.24, 2.45) is 0 Å². The molecule has 0 bridgehead atoms. The van der Waals surface area contributed by atoms with Crippen LogP contribution in [0.2, 0.25) is 5.02 Å². The minimum absolute atomic E-state index is 0.316. The molecule has 1 N–H and O–H groups in total. The number of hydrogen-bond donors (Lipinski definition) is 1. The molecule has 1 aromatic rings. The summed E-state index contributed by atoms with van der Waals surface area (Å²) in [6, 6.07) is 5.28. The summed E-state index contributed by atoms with van der Waals surface area (Å²) in [6.45, 7) is 5.90. The molecule has 0 aliphatic carbocycles. The third-order valence-corrected chi connectivity index (χ3v) is 2.51. The average Bonchev–Trinajstić information content (AvgIpc) is 2.22. The van der Waals surface area contributed by atoms with Gasteiger partial charge < -0.3 is 4.90 Å². The van der Waals surface area contributed by atoms with Crippen LogP contribution < -0.4 is 10.4 Å². The summed E-state index contributed by atoms with van der Waals surface area (Å²) in [7, 11) is 0. The van der Waals surface area contributed by atoms with Gasteiger partial charge in [-0.3, -0.25) is 0 Å². The summed E-state index contributed by atoms with van der Waals surface area (Å²) >= 11 is 5.77. The minimum Gasteiger partial charge on any atom is -0.372 e. The van der Waals surface area contributed by atoms with Crippen molar-refractivity contribution in [1.29, 1.82) is 0 Å². The lowest BCUT2D eigenvalue weighted by Gasteiger charge is -2.21. The molecule has 0 amide bonds. The van der Waals surface area contributed by atoms with Crippen LogP contribution >= 0.6 is 11.6 Å². The SMILES string of the molecule is CCN(CC)c1ccc(Cl)c(NF)c1. The Morgan fingerprint density at radius 1 is 1.36 bits per heavy atom. The summed E-state index contributed by atoms with van der Waals surface area (Å²) in [4.78, 5) is 2.12. The first kappa shape index (κ1) is 11.1. The van der Waals surface area contributed by atoms with Gasteiger partial charge in [-0.05, 0) is 32.0 Å². The number of benzene rings is 1. The van der Waals surface area contributed by atoms with Gasteiger partial charge in [0, 0.05) is 18.8 Å². The summed E-state index contributed by atoms with van der Waals surface area (Å²) in [5, 5.41) is 0.392. The van der Waals surface area contributed by atoms with Crippen molar-refractivity contribution in [3.8, 4) is 0 Å². The van der Waals surface area contributed by atoms with E-state index in [9.17, 15) is 4.48 Å². The number of nitrogens with one attached hydrogen (secondary N) is 1. The van der Waals surface area contributed by atoms with E-state index in [1.165, 1.54) is 0 Å². The van der Waals surface area contributed by atoms with Gasteiger partial charge in [0.05, 0.1) is 10.7 Å².